The minimum atomic E-state index is -3.44. The maximum atomic E-state index is 11.7. The highest BCUT2D eigenvalue weighted by molar-refractivity contribution is 7.87. The first kappa shape index (κ1) is 16.8. The number of hydrogen-bond donors (Lipinski definition) is 2. The maximum Gasteiger partial charge on any atom is 0.279 e. The van der Waals surface area contributed by atoms with Crippen LogP contribution < -0.4 is 4.72 Å². The van der Waals surface area contributed by atoms with Crippen molar-refractivity contribution in [3.8, 4) is 0 Å². The molecule has 0 aliphatic heterocycles. The van der Waals surface area contributed by atoms with Gasteiger partial charge >= 0.3 is 0 Å². The van der Waals surface area contributed by atoms with Crippen molar-refractivity contribution in [3.05, 3.63) is 0 Å². The number of hydrogen-bond acceptors (Lipinski definition) is 3. The van der Waals surface area contributed by atoms with Crippen LogP contribution in [0.25, 0.3) is 0 Å². The highest BCUT2D eigenvalue weighted by Crippen LogP contribution is 2.04. The van der Waals surface area contributed by atoms with Crippen molar-refractivity contribution in [2.75, 3.05) is 20.1 Å². The summed E-state index contributed by atoms with van der Waals surface area (Å²) >= 11 is 0. The molecule has 0 radical (unpaired) electrons. The lowest BCUT2D eigenvalue weighted by molar-refractivity contribution is 0.152. The van der Waals surface area contributed by atoms with E-state index < -0.39 is 16.3 Å². The van der Waals surface area contributed by atoms with E-state index in [-0.39, 0.29) is 6.54 Å². The second-order valence-corrected chi connectivity index (χ2v) is 6.67. The molecule has 0 aromatic heterocycles. The Bertz CT molecular complexity index is 291. The van der Waals surface area contributed by atoms with Crippen LogP contribution in [0.4, 0.5) is 0 Å². The Morgan fingerprint density at radius 3 is 2.41 bits per heavy atom. The van der Waals surface area contributed by atoms with Gasteiger partial charge < -0.3 is 5.11 Å². The molecule has 0 amide bonds. The fraction of sp³-hybridized carbons (Fsp3) is 1.00. The van der Waals surface area contributed by atoms with Crippen molar-refractivity contribution in [1.82, 2.24) is 9.03 Å². The number of unbranched alkanes of at least 4 members (excludes halogenated alkanes) is 1. The summed E-state index contributed by atoms with van der Waals surface area (Å²) in [5.41, 5.74) is 0. The topological polar surface area (TPSA) is 69.6 Å². The summed E-state index contributed by atoms with van der Waals surface area (Å²) in [5.74, 6) is 0.354. The van der Waals surface area contributed by atoms with Gasteiger partial charge in [0.25, 0.3) is 10.2 Å². The highest BCUT2D eigenvalue weighted by atomic mass is 32.2. The molecule has 0 aliphatic carbocycles. The molecule has 0 fully saturated rings. The molecule has 1 unspecified atom stereocenters. The Morgan fingerprint density at radius 1 is 1.35 bits per heavy atom. The van der Waals surface area contributed by atoms with E-state index in [4.69, 9.17) is 0 Å². The standard InChI is InChI=1S/C11H26N2O3S/c1-5-6-7-13(4)17(15,16)12-9-11(14)8-10(2)3/h10-12,14H,5-9H2,1-4H3. The third kappa shape index (κ3) is 7.70. The van der Waals surface area contributed by atoms with E-state index >= 15 is 0 Å². The van der Waals surface area contributed by atoms with Gasteiger partial charge in [0.05, 0.1) is 6.10 Å². The molecule has 0 saturated carbocycles. The third-order valence-corrected chi connectivity index (χ3v) is 4.02. The molecule has 0 aliphatic rings. The molecule has 0 rings (SSSR count). The van der Waals surface area contributed by atoms with E-state index in [0.29, 0.717) is 18.9 Å². The van der Waals surface area contributed by atoms with E-state index in [9.17, 15) is 13.5 Å². The normalized spacial score (nSPS) is 14.5. The van der Waals surface area contributed by atoms with E-state index in [2.05, 4.69) is 4.72 Å². The maximum absolute atomic E-state index is 11.7. The number of aliphatic hydroxyl groups excluding tert-OH is 1. The molecule has 0 aromatic carbocycles. The molecule has 5 nitrogen and oxygen atoms in total. The van der Waals surface area contributed by atoms with Gasteiger partial charge in [-0.15, -0.1) is 0 Å². The third-order valence-electron chi connectivity index (χ3n) is 2.48. The van der Waals surface area contributed by atoms with Crippen molar-refractivity contribution >= 4 is 10.2 Å². The molecule has 0 saturated heterocycles. The largest absolute Gasteiger partial charge is 0.392 e. The van der Waals surface area contributed by atoms with Crippen LogP contribution in [0.1, 0.15) is 40.0 Å². The summed E-state index contributed by atoms with van der Waals surface area (Å²) in [4.78, 5) is 0. The van der Waals surface area contributed by atoms with Crippen molar-refractivity contribution in [2.24, 2.45) is 5.92 Å². The van der Waals surface area contributed by atoms with E-state index in [1.807, 2.05) is 20.8 Å². The van der Waals surface area contributed by atoms with Crippen molar-refractivity contribution in [3.63, 3.8) is 0 Å². The van der Waals surface area contributed by atoms with Gasteiger partial charge in [0.15, 0.2) is 0 Å². The van der Waals surface area contributed by atoms with Gasteiger partial charge in [0.1, 0.15) is 0 Å². The minimum Gasteiger partial charge on any atom is -0.392 e. The monoisotopic (exact) mass is 266 g/mol. The summed E-state index contributed by atoms with van der Waals surface area (Å²) in [7, 11) is -1.89. The average molecular weight is 266 g/mol. The molecule has 104 valence electrons. The van der Waals surface area contributed by atoms with Crippen LogP contribution in [0, 0.1) is 5.92 Å². The SMILES string of the molecule is CCCCN(C)S(=O)(=O)NCC(O)CC(C)C. The molecule has 6 heteroatoms. The molecule has 0 aromatic rings. The smallest absolute Gasteiger partial charge is 0.279 e. The van der Waals surface area contributed by atoms with Crippen LogP contribution in [-0.2, 0) is 10.2 Å². The second-order valence-electron chi connectivity index (χ2n) is 4.81. The first-order chi connectivity index (χ1) is 7.79. The van der Waals surface area contributed by atoms with Gasteiger partial charge in [-0.25, -0.2) is 0 Å². The van der Waals surface area contributed by atoms with E-state index in [0.717, 1.165) is 12.8 Å². The fourth-order valence-corrected chi connectivity index (χ4v) is 2.43. The zero-order valence-corrected chi connectivity index (χ0v) is 12.1. The molecule has 0 bridgehead atoms. The quantitative estimate of drug-likeness (QED) is 0.653. The second kappa shape index (κ2) is 8.02. The molecule has 17 heavy (non-hydrogen) atoms. The Balaban J connectivity index is 4.08. The van der Waals surface area contributed by atoms with Gasteiger partial charge in [-0.1, -0.05) is 27.2 Å². The summed E-state index contributed by atoms with van der Waals surface area (Å²) in [5, 5.41) is 9.60. The zero-order chi connectivity index (χ0) is 13.5. The van der Waals surface area contributed by atoms with Crippen molar-refractivity contribution in [2.45, 2.75) is 46.1 Å². The average Bonchev–Trinajstić information content (AvgIpc) is 2.22. The Labute approximate surface area is 105 Å². The Kier molecular flexibility index (Phi) is 7.94. The van der Waals surface area contributed by atoms with Crippen LogP contribution in [0.3, 0.4) is 0 Å². The van der Waals surface area contributed by atoms with Gasteiger partial charge in [-0.05, 0) is 18.8 Å². The molecular formula is C11H26N2O3S. The summed E-state index contributed by atoms with van der Waals surface area (Å²) in [6.07, 6.45) is 1.77. The first-order valence-corrected chi connectivity index (χ1v) is 7.62. The lowest BCUT2D eigenvalue weighted by Crippen LogP contribution is -2.42. The fourth-order valence-electron chi connectivity index (χ4n) is 1.44. The van der Waals surface area contributed by atoms with Gasteiger partial charge in [-0.2, -0.15) is 17.4 Å². The lowest BCUT2D eigenvalue weighted by atomic mass is 10.1. The molecule has 2 N–H and O–H groups in total. The van der Waals surface area contributed by atoms with Crippen LogP contribution in [0.5, 0.6) is 0 Å². The highest BCUT2D eigenvalue weighted by Gasteiger charge is 2.18. The minimum absolute atomic E-state index is 0.0803. The molecule has 0 heterocycles. The molecule has 0 spiro atoms. The van der Waals surface area contributed by atoms with Crippen LogP contribution in [0.15, 0.2) is 0 Å². The van der Waals surface area contributed by atoms with Crippen molar-refractivity contribution < 1.29 is 13.5 Å². The van der Waals surface area contributed by atoms with Gasteiger partial charge in [0, 0.05) is 20.1 Å². The molecule has 1 atom stereocenters. The van der Waals surface area contributed by atoms with Crippen LogP contribution in [-0.4, -0.2) is 44.1 Å². The lowest BCUT2D eigenvalue weighted by Gasteiger charge is -2.19. The first-order valence-electron chi connectivity index (χ1n) is 6.18. The van der Waals surface area contributed by atoms with E-state index in [1.54, 1.807) is 7.05 Å². The van der Waals surface area contributed by atoms with E-state index in [1.165, 1.54) is 4.31 Å². The molecular weight excluding hydrogens is 240 g/mol. The summed E-state index contributed by atoms with van der Waals surface area (Å²) in [6, 6.07) is 0. The number of nitrogens with one attached hydrogen (secondary N) is 1. The van der Waals surface area contributed by atoms with Crippen LogP contribution in [0.2, 0.25) is 0 Å². The van der Waals surface area contributed by atoms with Crippen LogP contribution >= 0.6 is 0 Å². The predicted molar refractivity (Wildman–Crippen MR) is 69.9 cm³/mol. The summed E-state index contributed by atoms with van der Waals surface area (Å²) < 4.78 is 27.2. The number of rotatable bonds is 9. The zero-order valence-electron chi connectivity index (χ0n) is 11.3. The van der Waals surface area contributed by atoms with Crippen molar-refractivity contribution in [1.29, 1.82) is 0 Å². The van der Waals surface area contributed by atoms with Gasteiger partial charge in [-0.3, -0.25) is 0 Å². The Hall–Kier alpha value is -0.170. The van der Waals surface area contributed by atoms with Gasteiger partial charge in [0.2, 0.25) is 0 Å². The Morgan fingerprint density at radius 2 is 1.94 bits per heavy atom. The predicted octanol–water partition coefficient (Wildman–Crippen LogP) is 0.960. The number of aliphatic hydroxyl groups is 1. The number of nitrogens with zero attached hydrogens (tertiary/aromatic N) is 1. The summed E-state index contributed by atoms with van der Waals surface area (Å²) in [6.45, 7) is 6.58.